The molecule has 0 atom stereocenters. The van der Waals surface area contributed by atoms with Crippen LogP contribution in [0.15, 0.2) is 35.4 Å². The Labute approximate surface area is 175 Å². The van der Waals surface area contributed by atoms with E-state index >= 15 is 0 Å². The summed E-state index contributed by atoms with van der Waals surface area (Å²) in [6.45, 7) is 3.65. The summed E-state index contributed by atoms with van der Waals surface area (Å²) in [5.41, 5.74) is 1.82. The Bertz CT molecular complexity index is 1070. The average molecular weight is 493 g/mol. The number of carbonyl (C=O) groups excluding carboxylic acids is 1. The first kappa shape index (κ1) is 18.6. The van der Waals surface area contributed by atoms with E-state index in [2.05, 4.69) is 33.6 Å². The highest BCUT2D eigenvalue weighted by Gasteiger charge is 2.20. The van der Waals surface area contributed by atoms with Crippen LogP contribution in [0.1, 0.15) is 24.1 Å². The van der Waals surface area contributed by atoms with E-state index in [4.69, 9.17) is 0 Å². The molecular weight excluding hydrogens is 473 g/mol. The molecule has 0 radical (unpaired) electrons. The molecule has 0 unspecified atom stereocenters. The standard InChI is InChI=1S/C20H20IN3O2S/c1-13-17(14-6-5-7-15(21)10-14)18-19(27-13)22-12-24(20(18)26)11-16(25)23-8-3-2-4-9-23/h5-7,10,12H,2-4,8-9,11H2,1H3. The fourth-order valence-corrected chi connectivity index (χ4v) is 5.18. The molecule has 1 amide bonds. The maximum absolute atomic E-state index is 13.2. The van der Waals surface area contributed by atoms with Gasteiger partial charge in [-0.3, -0.25) is 14.2 Å². The maximum atomic E-state index is 13.2. The van der Waals surface area contributed by atoms with Crippen LogP contribution in [0.25, 0.3) is 21.3 Å². The lowest BCUT2D eigenvalue weighted by Crippen LogP contribution is -2.39. The number of hydrogen-bond acceptors (Lipinski definition) is 4. The monoisotopic (exact) mass is 493 g/mol. The van der Waals surface area contributed by atoms with Crippen LogP contribution in [0.3, 0.4) is 0 Å². The van der Waals surface area contributed by atoms with Gasteiger partial charge in [-0.25, -0.2) is 4.98 Å². The summed E-state index contributed by atoms with van der Waals surface area (Å²) in [7, 11) is 0. The Morgan fingerprint density at radius 3 is 2.78 bits per heavy atom. The fourth-order valence-electron chi connectivity index (χ4n) is 3.63. The molecule has 1 aliphatic rings. The van der Waals surface area contributed by atoms with Crippen LogP contribution in [0.4, 0.5) is 0 Å². The van der Waals surface area contributed by atoms with E-state index in [0.717, 1.165) is 50.3 Å². The number of halogens is 1. The van der Waals surface area contributed by atoms with Gasteiger partial charge in [-0.2, -0.15) is 0 Å². The van der Waals surface area contributed by atoms with E-state index < -0.39 is 0 Å². The van der Waals surface area contributed by atoms with Crippen LogP contribution in [0.2, 0.25) is 0 Å². The minimum Gasteiger partial charge on any atom is -0.341 e. The van der Waals surface area contributed by atoms with Gasteiger partial charge in [0.25, 0.3) is 5.56 Å². The number of benzene rings is 1. The highest BCUT2D eigenvalue weighted by molar-refractivity contribution is 14.1. The number of likely N-dealkylation sites (tertiary alicyclic amines) is 1. The second-order valence-electron chi connectivity index (χ2n) is 6.84. The molecule has 1 saturated heterocycles. The van der Waals surface area contributed by atoms with Gasteiger partial charge in [0.1, 0.15) is 11.4 Å². The Hall–Kier alpha value is -1.74. The van der Waals surface area contributed by atoms with Crippen molar-refractivity contribution < 1.29 is 4.79 Å². The van der Waals surface area contributed by atoms with Gasteiger partial charge in [-0.05, 0) is 66.5 Å². The third kappa shape index (κ3) is 3.67. The molecule has 4 rings (SSSR count). The first-order chi connectivity index (χ1) is 13.0. The van der Waals surface area contributed by atoms with E-state index in [-0.39, 0.29) is 18.0 Å². The molecule has 1 aliphatic heterocycles. The van der Waals surface area contributed by atoms with Crippen molar-refractivity contribution in [2.24, 2.45) is 0 Å². The minimum atomic E-state index is -0.136. The van der Waals surface area contributed by atoms with Gasteiger partial charge in [0.2, 0.25) is 5.91 Å². The number of aryl methyl sites for hydroxylation is 1. The van der Waals surface area contributed by atoms with Crippen molar-refractivity contribution in [1.29, 1.82) is 0 Å². The topological polar surface area (TPSA) is 55.2 Å². The third-order valence-electron chi connectivity index (χ3n) is 4.98. The summed E-state index contributed by atoms with van der Waals surface area (Å²) in [5.74, 6) is 0.000658. The number of aromatic nitrogens is 2. The van der Waals surface area contributed by atoms with Crippen LogP contribution in [0.5, 0.6) is 0 Å². The lowest BCUT2D eigenvalue weighted by atomic mass is 10.0. The van der Waals surface area contributed by atoms with Gasteiger partial charge >= 0.3 is 0 Å². The molecule has 27 heavy (non-hydrogen) atoms. The average Bonchev–Trinajstić information content (AvgIpc) is 3.01. The number of amides is 1. The molecule has 1 aromatic carbocycles. The quantitative estimate of drug-likeness (QED) is 0.518. The molecule has 3 heterocycles. The highest BCUT2D eigenvalue weighted by atomic mass is 127. The number of thiophene rings is 1. The highest BCUT2D eigenvalue weighted by Crippen LogP contribution is 2.35. The minimum absolute atomic E-state index is 0.000658. The second kappa shape index (κ2) is 7.71. The van der Waals surface area contributed by atoms with Crippen LogP contribution in [-0.2, 0) is 11.3 Å². The predicted molar refractivity (Wildman–Crippen MR) is 117 cm³/mol. The molecule has 7 heteroatoms. The predicted octanol–water partition coefficient (Wildman–Crippen LogP) is 4.05. The van der Waals surface area contributed by atoms with Crippen molar-refractivity contribution in [2.45, 2.75) is 32.7 Å². The van der Waals surface area contributed by atoms with Crippen LogP contribution < -0.4 is 5.56 Å². The Morgan fingerprint density at radius 1 is 1.26 bits per heavy atom. The molecule has 0 bridgehead atoms. The van der Waals surface area contributed by atoms with Gasteiger partial charge in [0.05, 0.1) is 11.7 Å². The van der Waals surface area contributed by atoms with Gasteiger partial charge in [-0.1, -0.05) is 12.1 Å². The molecule has 0 N–H and O–H groups in total. The number of hydrogen-bond donors (Lipinski definition) is 0. The maximum Gasteiger partial charge on any atom is 0.263 e. The van der Waals surface area contributed by atoms with Gasteiger partial charge in [0, 0.05) is 27.1 Å². The number of carbonyl (C=O) groups is 1. The first-order valence-electron chi connectivity index (χ1n) is 9.07. The van der Waals surface area contributed by atoms with Crippen LogP contribution in [-0.4, -0.2) is 33.4 Å². The van der Waals surface area contributed by atoms with E-state index in [9.17, 15) is 9.59 Å². The Morgan fingerprint density at radius 2 is 2.04 bits per heavy atom. The smallest absolute Gasteiger partial charge is 0.263 e. The van der Waals surface area contributed by atoms with E-state index in [1.54, 1.807) is 0 Å². The molecule has 2 aromatic heterocycles. The third-order valence-corrected chi connectivity index (χ3v) is 6.67. The zero-order valence-corrected chi connectivity index (χ0v) is 18.0. The van der Waals surface area contributed by atoms with Crippen molar-refractivity contribution in [1.82, 2.24) is 14.5 Å². The summed E-state index contributed by atoms with van der Waals surface area (Å²) in [4.78, 5) is 33.9. The molecule has 0 spiro atoms. The molecular formula is C20H20IN3O2S. The molecule has 5 nitrogen and oxygen atoms in total. The van der Waals surface area contributed by atoms with Gasteiger partial charge in [0.15, 0.2) is 0 Å². The largest absolute Gasteiger partial charge is 0.341 e. The van der Waals surface area contributed by atoms with Crippen LogP contribution in [0, 0.1) is 10.5 Å². The molecule has 1 fully saturated rings. The van der Waals surface area contributed by atoms with Crippen molar-refractivity contribution in [2.75, 3.05) is 13.1 Å². The SMILES string of the molecule is Cc1sc2ncn(CC(=O)N3CCCCC3)c(=O)c2c1-c1cccc(I)c1. The summed E-state index contributed by atoms with van der Waals surface area (Å²) >= 11 is 3.80. The fraction of sp³-hybridized carbons (Fsp3) is 0.350. The van der Waals surface area contributed by atoms with Crippen molar-refractivity contribution in [3.05, 3.63) is 49.4 Å². The normalized spacial score (nSPS) is 14.7. The summed E-state index contributed by atoms with van der Waals surface area (Å²) < 4.78 is 2.58. The molecule has 3 aromatic rings. The zero-order chi connectivity index (χ0) is 19.0. The number of nitrogens with zero attached hydrogens (tertiary/aromatic N) is 3. The summed E-state index contributed by atoms with van der Waals surface area (Å²) in [6.07, 6.45) is 4.77. The Balaban J connectivity index is 1.76. The number of fused-ring (bicyclic) bond motifs is 1. The molecule has 140 valence electrons. The molecule has 0 aliphatic carbocycles. The van der Waals surface area contributed by atoms with Crippen molar-refractivity contribution in [3.63, 3.8) is 0 Å². The van der Waals surface area contributed by atoms with E-state index in [1.165, 1.54) is 28.7 Å². The molecule has 0 saturated carbocycles. The second-order valence-corrected chi connectivity index (χ2v) is 9.29. The number of rotatable bonds is 3. The lowest BCUT2D eigenvalue weighted by molar-refractivity contribution is -0.132. The van der Waals surface area contributed by atoms with E-state index in [0.29, 0.717) is 5.39 Å². The van der Waals surface area contributed by atoms with Gasteiger partial charge in [-0.15, -0.1) is 11.3 Å². The van der Waals surface area contributed by atoms with Crippen molar-refractivity contribution in [3.8, 4) is 11.1 Å². The van der Waals surface area contributed by atoms with Crippen LogP contribution >= 0.6 is 33.9 Å². The Kier molecular flexibility index (Phi) is 5.32. The van der Waals surface area contributed by atoms with E-state index in [1.807, 2.05) is 30.0 Å². The first-order valence-corrected chi connectivity index (χ1v) is 11.0. The zero-order valence-electron chi connectivity index (χ0n) is 15.1. The number of piperidine rings is 1. The summed E-state index contributed by atoms with van der Waals surface area (Å²) in [5, 5.41) is 0.619. The lowest BCUT2D eigenvalue weighted by Gasteiger charge is -2.26. The summed E-state index contributed by atoms with van der Waals surface area (Å²) in [6, 6.07) is 8.12. The van der Waals surface area contributed by atoms with Crippen molar-refractivity contribution >= 4 is 50.1 Å². The van der Waals surface area contributed by atoms with Gasteiger partial charge < -0.3 is 4.90 Å².